The van der Waals surface area contributed by atoms with Crippen molar-refractivity contribution in [2.45, 2.75) is 12.6 Å². The molecule has 2 atom stereocenters. The molecule has 5 heteroatoms. The second-order valence-electron chi connectivity index (χ2n) is 5.19. The number of hydrogen-bond acceptors (Lipinski definition) is 5. The van der Waals surface area contributed by atoms with E-state index in [1.807, 2.05) is 53.6 Å². The van der Waals surface area contributed by atoms with E-state index in [4.69, 9.17) is 9.57 Å². The van der Waals surface area contributed by atoms with Crippen molar-refractivity contribution >= 4 is 5.97 Å². The van der Waals surface area contributed by atoms with Gasteiger partial charge in [-0.2, -0.15) is 5.06 Å². The van der Waals surface area contributed by atoms with Crippen molar-refractivity contribution in [1.82, 2.24) is 10.0 Å². The Labute approximate surface area is 129 Å². The van der Waals surface area contributed by atoms with Gasteiger partial charge in [0.1, 0.15) is 5.92 Å². The van der Waals surface area contributed by atoms with Gasteiger partial charge >= 0.3 is 5.97 Å². The standard InChI is InChI=1S/C17H18N2O3/c1-21-17(20)14-12-22-19(11-13-7-3-2-4-8-13)16(14)15-9-5-6-10-18-15/h2-10,14,16H,11-12H2,1H3/t14-,16-/m1/s1. The normalized spacial score (nSPS) is 21.7. The van der Waals surface area contributed by atoms with Crippen molar-refractivity contribution < 1.29 is 14.4 Å². The Morgan fingerprint density at radius 3 is 2.73 bits per heavy atom. The van der Waals surface area contributed by atoms with Gasteiger partial charge in [-0.05, 0) is 17.7 Å². The van der Waals surface area contributed by atoms with Crippen molar-refractivity contribution in [2.75, 3.05) is 13.7 Å². The van der Waals surface area contributed by atoms with E-state index in [0.717, 1.165) is 11.3 Å². The Kier molecular flexibility index (Phi) is 4.46. The number of methoxy groups -OCH3 is 1. The van der Waals surface area contributed by atoms with Crippen LogP contribution in [0.1, 0.15) is 17.3 Å². The van der Waals surface area contributed by atoms with Crippen molar-refractivity contribution in [2.24, 2.45) is 5.92 Å². The smallest absolute Gasteiger partial charge is 0.313 e. The molecule has 1 aromatic carbocycles. The molecule has 0 bridgehead atoms. The van der Waals surface area contributed by atoms with E-state index in [0.29, 0.717) is 13.2 Å². The van der Waals surface area contributed by atoms with E-state index >= 15 is 0 Å². The highest BCUT2D eigenvalue weighted by molar-refractivity contribution is 5.73. The van der Waals surface area contributed by atoms with Gasteiger partial charge in [-0.25, -0.2) is 0 Å². The number of benzene rings is 1. The minimum absolute atomic E-state index is 0.242. The summed E-state index contributed by atoms with van der Waals surface area (Å²) in [6.45, 7) is 0.899. The van der Waals surface area contributed by atoms with Gasteiger partial charge in [0.05, 0.1) is 25.5 Å². The highest BCUT2D eigenvalue weighted by Crippen LogP contribution is 2.36. The first-order chi connectivity index (χ1) is 10.8. The Morgan fingerprint density at radius 1 is 1.27 bits per heavy atom. The Morgan fingerprint density at radius 2 is 2.05 bits per heavy atom. The Hall–Kier alpha value is -2.24. The summed E-state index contributed by atoms with van der Waals surface area (Å²) in [5.41, 5.74) is 1.93. The molecule has 1 aliphatic heterocycles. The van der Waals surface area contributed by atoms with Crippen molar-refractivity contribution in [3.63, 3.8) is 0 Å². The van der Waals surface area contributed by atoms with Crippen LogP contribution < -0.4 is 0 Å². The minimum Gasteiger partial charge on any atom is -0.469 e. The molecular formula is C17H18N2O3. The fourth-order valence-electron chi connectivity index (χ4n) is 2.71. The SMILES string of the molecule is COC(=O)[C@@H]1CON(Cc2ccccc2)[C@H]1c1ccccn1. The second kappa shape index (κ2) is 6.68. The summed E-state index contributed by atoms with van der Waals surface area (Å²) < 4.78 is 4.91. The van der Waals surface area contributed by atoms with E-state index in [-0.39, 0.29) is 17.9 Å². The van der Waals surface area contributed by atoms with Gasteiger partial charge in [0.15, 0.2) is 0 Å². The summed E-state index contributed by atoms with van der Waals surface area (Å²) in [6.07, 6.45) is 1.72. The quantitative estimate of drug-likeness (QED) is 0.811. The van der Waals surface area contributed by atoms with Crippen LogP contribution in [0.5, 0.6) is 0 Å². The molecule has 0 saturated carbocycles. The molecular weight excluding hydrogens is 280 g/mol. The molecule has 0 amide bonds. The maximum Gasteiger partial charge on any atom is 0.313 e. The van der Waals surface area contributed by atoms with Gasteiger partial charge in [0.25, 0.3) is 0 Å². The van der Waals surface area contributed by atoms with Crippen LogP contribution in [0.4, 0.5) is 0 Å². The average molecular weight is 298 g/mol. The van der Waals surface area contributed by atoms with Crippen LogP contribution in [0.15, 0.2) is 54.7 Å². The van der Waals surface area contributed by atoms with Crippen LogP contribution in [0.25, 0.3) is 0 Å². The molecule has 2 heterocycles. The highest BCUT2D eigenvalue weighted by Gasteiger charge is 2.42. The van der Waals surface area contributed by atoms with E-state index in [1.165, 1.54) is 7.11 Å². The molecule has 114 valence electrons. The maximum absolute atomic E-state index is 12.0. The number of carbonyl (C=O) groups is 1. The second-order valence-corrected chi connectivity index (χ2v) is 5.19. The third-order valence-corrected chi connectivity index (χ3v) is 3.79. The first kappa shape index (κ1) is 14.7. The number of aromatic nitrogens is 1. The molecule has 0 aliphatic carbocycles. The molecule has 3 rings (SSSR count). The van der Waals surface area contributed by atoms with Gasteiger partial charge in [0, 0.05) is 12.7 Å². The van der Waals surface area contributed by atoms with Gasteiger partial charge < -0.3 is 4.74 Å². The molecule has 1 aliphatic rings. The van der Waals surface area contributed by atoms with Gasteiger partial charge in [0.2, 0.25) is 0 Å². The van der Waals surface area contributed by atoms with E-state index in [2.05, 4.69) is 4.98 Å². The lowest BCUT2D eigenvalue weighted by molar-refractivity contribution is -0.146. The number of esters is 1. The van der Waals surface area contributed by atoms with Gasteiger partial charge in [-0.3, -0.25) is 14.6 Å². The number of ether oxygens (including phenoxy) is 1. The monoisotopic (exact) mass is 298 g/mol. The largest absolute Gasteiger partial charge is 0.469 e. The molecule has 2 aromatic rings. The molecule has 5 nitrogen and oxygen atoms in total. The Balaban J connectivity index is 1.87. The van der Waals surface area contributed by atoms with Crippen LogP contribution >= 0.6 is 0 Å². The molecule has 0 unspecified atom stereocenters. The summed E-state index contributed by atoms with van der Waals surface area (Å²) >= 11 is 0. The predicted molar refractivity (Wildman–Crippen MR) is 80.4 cm³/mol. The zero-order valence-corrected chi connectivity index (χ0v) is 12.4. The fraction of sp³-hybridized carbons (Fsp3) is 0.294. The number of carbonyl (C=O) groups excluding carboxylic acids is 1. The van der Waals surface area contributed by atoms with Crippen LogP contribution in [-0.4, -0.2) is 29.7 Å². The van der Waals surface area contributed by atoms with Crippen molar-refractivity contribution in [3.8, 4) is 0 Å². The Bertz CT molecular complexity index is 618. The van der Waals surface area contributed by atoms with E-state index in [1.54, 1.807) is 6.20 Å². The molecule has 1 saturated heterocycles. The van der Waals surface area contributed by atoms with E-state index in [9.17, 15) is 4.79 Å². The van der Waals surface area contributed by atoms with Crippen LogP contribution in [0, 0.1) is 5.92 Å². The molecule has 0 radical (unpaired) electrons. The molecule has 0 spiro atoms. The number of nitrogens with zero attached hydrogens (tertiary/aromatic N) is 2. The lowest BCUT2D eigenvalue weighted by Crippen LogP contribution is -2.29. The molecule has 0 N–H and O–H groups in total. The first-order valence-electron chi connectivity index (χ1n) is 7.22. The number of hydrogen-bond donors (Lipinski definition) is 0. The van der Waals surface area contributed by atoms with Crippen LogP contribution in [-0.2, 0) is 20.9 Å². The number of hydroxylamine groups is 2. The molecule has 1 fully saturated rings. The third kappa shape index (κ3) is 3.00. The minimum atomic E-state index is -0.372. The van der Waals surface area contributed by atoms with Crippen LogP contribution in [0.2, 0.25) is 0 Å². The molecule has 22 heavy (non-hydrogen) atoms. The molecule has 1 aromatic heterocycles. The summed E-state index contributed by atoms with van der Waals surface area (Å²) in [6, 6.07) is 15.4. The van der Waals surface area contributed by atoms with Crippen molar-refractivity contribution in [3.05, 3.63) is 66.0 Å². The zero-order chi connectivity index (χ0) is 15.4. The summed E-state index contributed by atoms with van der Waals surface area (Å²) in [5.74, 6) is -0.644. The topological polar surface area (TPSA) is 51.7 Å². The predicted octanol–water partition coefficient (Wildman–Crippen LogP) is 2.36. The summed E-state index contributed by atoms with van der Waals surface area (Å²) in [4.78, 5) is 22.2. The number of rotatable bonds is 4. The summed E-state index contributed by atoms with van der Waals surface area (Å²) in [7, 11) is 1.40. The lowest BCUT2D eigenvalue weighted by Gasteiger charge is -2.24. The maximum atomic E-state index is 12.0. The average Bonchev–Trinajstić information content (AvgIpc) is 2.99. The number of pyridine rings is 1. The zero-order valence-electron chi connectivity index (χ0n) is 12.4. The van der Waals surface area contributed by atoms with E-state index < -0.39 is 0 Å². The third-order valence-electron chi connectivity index (χ3n) is 3.79. The first-order valence-corrected chi connectivity index (χ1v) is 7.22. The summed E-state index contributed by atoms with van der Waals surface area (Å²) in [5, 5.41) is 1.82. The van der Waals surface area contributed by atoms with Gasteiger partial charge in [-0.1, -0.05) is 36.4 Å². The van der Waals surface area contributed by atoms with Crippen LogP contribution in [0.3, 0.4) is 0 Å². The highest BCUT2D eigenvalue weighted by atomic mass is 16.7. The van der Waals surface area contributed by atoms with Gasteiger partial charge in [-0.15, -0.1) is 0 Å². The fourth-order valence-corrected chi connectivity index (χ4v) is 2.71. The van der Waals surface area contributed by atoms with Crippen molar-refractivity contribution in [1.29, 1.82) is 0 Å². The lowest BCUT2D eigenvalue weighted by atomic mass is 9.97.